The SMILES string of the molecule is CSCC[C@@H](N)C(=O)NC1CCC(C)C1C. The van der Waals surface area contributed by atoms with Crippen LogP contribution in [0, 0.1) is 11.8 Å². The maximum atomic E-state index is 11.8. The van der Waals surface area contributed by atoms with E-state index in [4.69, 9.17) is 5.73 Å². The molecule has 0 saturated heterocycles. The molecule has 3 unspecified atom stereocenters. The first-order valence-electron chi connectivity index (χ1n) is 6.11. The molecular weight excluding hydrogens is 220 g/mol. The summed E-state index contributed by atoms with van der Waals surface area (Å²) >= 11 is 1.73. The van der Waals surface area contributed by atoms with Crippen LogP contribution in [0.3, 0.4) is 0 Å². The molecule has 0 spiro atoms. The molecule has 1 rings (SSSR count). The first-order valence-corrected chi connectivity index (χ1v) is 7.50. The molecule has 16 heavy (non-hydrogen) atoms. The van der Waals surface area contributed by atoms with Gasteiger partial charge in [0.15, 0.2) is 0 Å². The van der Waals surface area contributed by atoms with Gasteiger partial charge in [-0.1, -0.05) is 13.8 Å². The Balaban J connectivity index is 2.33. The summed E-state index contributed by atoms with van der Waals surface area (Å²) in [6.45, 7) is 4.47. The van der Waals surface area contributed by atoms with Crippen molar-refractivity contribution in [1.82, 2.24) is 5.32 Å². The molecule has 94 valence electrons. The standard InChI is InChI=1S/C12H24N2OS/c1-8-4-5-11(9(8)2)14-12(15)10(13)6-7-16-3/h8-11H,4-7,13H2,1-3H3,(H,14,15)/t8?,9?,10-,11?/m1/s1. The summed E-state index contributed by atoms with van der Waals surface area (Å²) in [4.78, 5) is 11.8. The van der Waals surface area contributed by atoms with Crippen LogP contribution >= 0.6 is 11.8 Å². The van der Waals surface area contributed by atoms with Gasteiger partial charge in [-0.15, -0.1) is 0 Å². The van der Waals surface area contributed by atoms with Gasteiger partial charge in [-0.2, -0.15) is 11.8 Å². The lowest BCUT2D eigenvalue weighted by molar-refractivity contribution is -0.123. The predicted molar refractivity (Wildman–Crippen MR) is 70.5 cm³/mol. The minimum Gasteiger partial charge on any atom is -0.352 e. The zero-order valence-electron chi connectivity index (χ0n) is 10.5. The van der Waals surface area contributed by atoms with E-state index < -0.39 is 0 Å². The fraction of sp³-hybridized carbons (Fsp3) is 0.917. The van der Waals surface area contributed by atoms with Crippen molar-refractivity contribution in [1.29, 1.82) is 0 Å². The fourth-order valence-electron chi connectivity index (χ4n) is 2.23. The highest BCUT2D eigenvalue weighted by molar-refractivity contribution is 7.98. The summed E-state index contributed by atoms with van der Waals surface area (Å²) in [5, 5.41) is 3.09. The summed E-state index contributed by atoms with van der Waals surface area (Å²) in [5.41, 5.74) is 5.84. The van der Waals surface area contributed by atoms with Gasteiger partial charge < -0.3 is 11.1 Å². The number of carbonyl (C=O) groups is 1. The Morgan fingerprint density at radius 2 is 2.19 bits per heavy atom. The van der Waals surface area contributed by atoms with Crippen molar-refractivity contribution in [2.24, 2.45) is 17.6 Å². The Bertz CT molecular complexity index is 235. The molecule has 1 amide bonds. The van der Waals surface area contributed by atoms with E-state index in [1.54, 1.807) is 11.8 Å². The van der Waals surface area contributed by atoms with Gasteiger partial charge in [-0.3, -0.25) is 4.79 Å². The lowest BCUT2D eigenvalue weighted by atomic mass is 9.97. The van der Waals surface area contributed by atoms with Gasteiger partial charge in [0.2, 0.25) is 5.91 Å². The second kappa shape index (κ2) is 6.50. The van der Waals surface area contributed by atoms with E-state index in [0.717, 1.165) is 18.6 Å². The van der Waals surface area contributed by atoms with Crippen LogP contribution in [0.25, 0.3) is 0 Å². The quantitative estimate of drug-likeness (QED) is 0.772. The molecule has 0 aromatic rings. The van der Waals surface area contributed by atoms with Crippen molar-refractivity contribution >= 4 is 17.7 Å². The summed E-state index contributed by atoms with van der Waals surface area (Å²) in [7, 11) is 0. The minimum absolute atomic E-state index is 0.0278. The van der Waals surface area contributed by atoms with Crippen molar-refractivity contribution in [2.75, 3.05) is 12.0 Å². The summed E-state index contributed by atoms with van der Waals surface area (Å²) in [6, 6.07) is -0.00149. The lowest BCUT2D eigenvalue weighted by Crippen LogP contribution is -2.46. The van der Waals surface area contributed by atoms with Crippen LogP contribution in [0.2, 0.25) is 0 Å². The Labute approximate surface area is 103 Å². The van der Waals surface area contributed by atoms with E-state index in [-0.39, 0.29) is 11.9 Å². The normalized spacial score (nSPS) is 31.4. The average molecular weight is 244 g/mol. The fourth-order valence-corrected chi connectivity index (χ4v) is 2.72. The van der Waals surface area contributed by atoms with Crippen LogP contribution < -0.4 is 11.1 Å². The van der Waals surface area contributed by atoms with E-state index in [0.29, 0.717) is 17.9 Å². The maximum Gasteiger partial charge on any atom is 0.237 e. The summed E-state index contributed by atoms with van der Waals surface area (Å²) in [6.07, 6.45) is 5.12. The molecule has 3 nitrogen and oxygen atoms in total. The molecule has 4 heteroatoms. The van der Waals surface area contributed by atoms with Crippen LogP contribution in [0.15, 0.2) is 0 Å². The van der Waals surface area contributed by atoms with E-state index in [9.17, 15) is 4.79 Å². The highest BCUT2D eigenvalue weighted by atomic mass is 32.2. The molecular formula is C12H24N2OS. The van der Waals surface area contributed by atoms with Crippen molar-refractivity contribution in [3.05, 3.63) is 0 Å². The molecule has 1 aliphatic rings. The zero-order valence-corrected chi connectivity index (χ0v) is 11.3. The molecule has 0 radical (unpaired) electrons. The van der Waals surface area contributed by atoms with E-state index in [2.05, 4.69) is 19.2 Å². The van der Waals surface area contributed by atoms with Crippen molar-refractivity contribution < 1.29 is 4.79 Å². The van der Waals surface area contributed by atoms with Crippen molar-refractivity contribution in [3.63, 3.8) is 0 Å². The smallest absolute Gasteiger partial charge is 0.237 e. The molecule has 1 fully saturated rings. The van der Waals surface area contributed by atoms with Gasteiger partial charge in [0.1, 0.15) is 0 Å². The molecule has 0 aliphatic heterocycles. The summed E-state index contributed by atoms with van der Waals surface area (Å²) in [5.74, 6) is 2.27. The van der Waals surface area contributed by atoms with Crippen LogP contribution in [0.4, 0.5) is 0 Å². The van der Waals surface area contributed by atoms with Gasteiger partial charge in [0, 0.05) is 6.04 Å². The Hall–Kier alpha value is -0.220. The highest BCUT2D eigenvalue weighted by Crippen LogP contribution is 2.31. The topological polar surface area (TPSA) is 55.1 Å². The monoisotopic (exact) mass is 244 g/mol. The summed E-state index contributed by atoms with van der Waals surface area (Å²) < 4.78 is 0. The molecule has 0 bridgehead atoms. The first kappa shape index (κ1) is 13.8. The number of amides is 1. The van der Waals surface area contributed by atoms with Gasteiger partial charge in [0.05, 0.1) is 6.04 Å². The number of nitrogens with two attached hydrogens (primary N) is 1. The Kier molecular flexibility index (Phi) is 5.62. The molecule has 0 heterocycles. The first-order chi connectivity index (χ1) is 7.56. The van der Waals surface area contributed by atoms with Gasteiger partial charge in [0.25, 0.3) is 0 Å². The van der Waals surface area contributed by atoms with Crippen LogP contribution in [0.1, 0.15) is 33.1 Å². The molecule has 0 aromatic heterocycles. The third kappa shape index (κ3) is 3.67. The van der Waals surface area contributed by atoms with E-state index in [1.807, 2.05) is 6.26 Å². The Morgan fingerprint density at radius 1 is 1.50 bits per heavy atom. The van der Waals surface area contributed by atoms with Crippen molar-refractivity contribution in [3.8, 4) is 0 Å². The number of thioether (sulfide) groups is 1. The van der Waals surface area contributed by atoms with Crippen LogP contribution in [-0.4, -0.2) is 30.0 Å². The van der Waals surface area contributed by atoms with Crippen molar-refractivity contribution in [2.45, 2.75) is 45.2 Å². The second-order valence-electron chi connectivity index (χ2n) is 4.92. The minimum atomic E-state index is -0.337. The maximum absolute atomic E-state index is 11.8. The van der Waals surface area contributed by atoms with E-state index >= 15 is 0 Å². The third-order valence-corrected chi connectivity index (χ3v) is 4.41. The number of carbonyl (C=O) groups excluding carboxylic acids is 1. The molecule has 0 aromatic carbocycles. The molecule has 3 N–H and O–H groups in total. The lowest BCUT2D eigenvalue weighted by Gasteiger charge is -2.21. The predicted octanol–water partition coefficient (Wildman–Crippen LogP) is 1.62. The third-order valence-electron chi connectivity index (χ3n) is 3.76. The second-order valence-corrected chi connectivity index (χ2v) is 5.90. The number of rotatable bonds is 5. The number of hydrogen-bond donors (Lipinski definition) is 2. The molecule has 1 aliphatic carbocycles. The highest BCUT2D eigenvalue weighted by Gasteiger charge is 2.31. The Morgan fingerprint density at radius 3 is 2.69 bits per heavy atom. The van der Waals surface area contributed by atoms with Crippen LogP contribution in [-0.2, 0) is 4.79 Å². The molecule has 4 atom stereocenters. The zero-order chi connectivity index (χ0) is 12.1. The molecule has 1 saturated carbocycles. The number of hydrogen-bond acceptors (Lipinski definition) is 3. The van der Waals surface area contributed by atoms with Gasteiger partial charge >= 0.3 is 0 Å². The van der Waals surface area contributed by atoms with Gasteiger partial charge in [-0.25, -0.2) is 0 Å². The average Bonchev–Trinajstić information content (AvgIpc) is 2.57. The number of nitrogens with one attached hydrogen (secondary N) is 1. The largest absolute Gasteiger partial charge is 0.352 e. The van der Waals surface area contributed by atoms with Gasteiger partial charge in [-0.05, 0) is 43.1 Å². The van der Waals surface area contributed by atoms with Crippen LogP contribution in [0.5, 0.6) is 0 Å². The van der Waals surface area contributed by atoms with E-state index in [1.165, 1.54) is 6.42 Å².